The lowest BCUT2D eigenvalue weighted by atomic mass is 10.2. The van der Waals surface area contributed by atoms with E-state index in [1.54, 1.807) is 23.5 Å². The van der Waals surface area contributed by atoms with Crippen molar-refractivity contribution in [1.82, 2.24) is 5.10 Å². The van der Waals surface area contributed by atoms with Crippen molar-refractivity contribution in [3.05, 3.63) is 34.2 Å². The van der Waals surface area contributed by atoms with Gasteiger partial charge in [0.15, 0.2) is 5.01 Å². The summed E-state index contributed by atoms with van der Waals surface area (Å²) < 4.78 is 0. The van der Waals surface area contributed by atoms with E-state index in [2.05, 4.69) is 29.2 Å². The van der Waals surface area contributed by atoms with Gasteiger partial charge in [0.2, 0.25) is 0 Å². The Labute approximate surface area is 97.3 Å². The average Bonchev–Trinajstić information content (AvgIpc) is 2.78. The molecule has 0 unspecified atom stereocenters. The monoisotopic (exact) mass is 234 g/mol. The van der Waals surface area contributed by atoms with Crippen molar-refractivity contribution in [3.63, 3.8) is 0 Å². The molecular weight excluding hydrogens is 222 g/mol. The molecule has 0 aliphatic rings. The molecule has 1 heterocycles. The number of rotatable bonds is 3. The first-order valence-corrected chi connectivity index (χ1v) is 5.85. The molecular formula is C11H12N3OS+. The second kappa shape index (κ2) is 4.49. The summed E-state index contributed by atoms with van der Waals surface area (Å²) in [4.78, 5) is 10.7. The van der Waals surface area contributed by atoms with Crippen LogP contribution in [0.4, 0.5) is 5.69 Å². The Morgan fingerprint density at radius 2 is 2.12 bits per heavy atom. The molecule has 0 spiro atoms. The molecule has 0 fully saturated rings. The van der Waals surface area contributed by atoms with Crippen molar-refractivity contribution < 1.29 is 5.10 Å². The summed E-state index contributed by atoms with van der Waals surface area (Å²) in [6.45, 7) is 4.17. The molecule has 0 bridgehead atoms. The van der Waals surface area contributed by atoms with E-state index in [1.165, 1.54) is 0 Å². The van der Waals surface area contributed by atoms with Gasteiger partial charge >= 0.3 is 0 Å². The third-order valence-electron chi connectivity index (χ3n) is 2.22. The smallest absolute Gasteiger partial charge is 0.145 e. The number of hydrogen-bond donors (Lipinski definition) is 0. The van der Waals surface area contributed by atoms with Crippen LogP contribution in [0.5, 0.6) is 0 Å². The van der Waals surface area contributed by atoms with Crippen molar-refractivity contribution >= 4 is 17.0 Å². The number of H-pyrrole nitrogens is 1. The third kappa shape index (κ3) is 1.99. The van der Waals surface area contributed by atoms with Gasteiger partial charge < -0.3 is 0 Å². The van der Waals surface area contributed by atoms with Gasteiger partial charge in [-0.05, 0) is 28.6 Å². The van der Waals surface area contributed by atoms with Gasteiger partial charge in [-0.1, -0.05) is 31.1 Å². The van der Waals surface area contributed by atoms with Crippen molar-refractivity contribution in [2.24, 2.45) is 5.18 Å². The number of nitroso groups, excluding NO2 is 1. The van der Waals surface area contributed by atoms with Crippen LogP contribution in [0.2, 0.25) is 0 Å². The van der Waals surface area contributed by atoms with E-state index in [4.69, 9.17) is 0 Å². The van der Waals surface area contributed by atoms with Crippen molar-refractivity contribution in [1.29, 1.82) is 0 Å². The van der Waals surface area contributed by atoms with Gasteiger partial charge in [0.05, 0.1) is 5.56 Å². The van der Waals surface area contributed by atoms with Crippen LogP contribution in [0.25, 0.3) is 10.6 Å². The molecule has 1 N–H and O–H groups in total. The minimum Gasteiger partial charge on any atom is -0.145 e. The van der Waals surface area contributed by atoms with Gasteiger partial charge in [0.1, 0.15) is 5.69 Å². The van der Waals surface area contributed by atoms with Crippen LogP contribution < -0.4 is 5.10 Å². The first-order chi connectivity index (χ1) is 7.72. The van der Waals surface area contributed by atoms with Gasteiger partial charge in [-0.3, -0.25) is 0 Å². The van der Waals surface area contributed by atoms with Crippen molar-refractivity contribution in [2.45, 2.75) is 19.8 Å². The van der Waals surface area contributed by atoms with Crippen LogP contribution in [0.15, 0.2) is 29.4 Å². The van der Waals surface area contributed by atoms with E-state index >= 15 is 0 Å². The highest BCUT2D eigenvalue weighted by atomic mass is 32.1. The molecule has 0 atom stereocenters. The fourth-order valence-electron chi connectivity index (χ4n) is 1.36. The first kappa shape index (κ1) is 10.9. The maximum atomic E-state index is 10.7. The second-order valence-electron chi connectivity index (χ2n) is 3.76. The zero-order chi connectivity index (χ0) is 11.5. The molecule has 0 saturated heterocycles. The Bertz CT molecular complexity index is 507. The van der Waals surface area contributed by atoms with Crippen molar-refractivity contribution in [2.75, 3.05) is 0 Å². The fourth-order valence-corrected chi connectivity index (χ4v) is 2.27. The van der Waals surface area contributed by atoms with E-state index in [0.717, 1.165) is 15.6 Å². The number of benzene rings is 1. The normalized spacial score (nSPS) is 10.7. The van der Waals surface area contributed by atoms with E-state index < -0.39 is 0 Å². The van der Waals surface area contributed by atoms with Crippen LogP contribution >= 0.6 is 11.3 Å². The van der Waals surface area contributed by atoms with Crippen LogP contribution in [-0.4, -0.2) is 5.10 Å². The van der Waals surface area contributed by atoms with Crippen LogP contribution in [0.1, 0.15) is 24.8 Å². The Morgan fingerprint density at radius 3 is 2.75 bits per heavy atom. The number of aromatic amines is 1. The minimum absolute atomic E-state index is 0.381. The summed E-state index contributed by atoms with van der Waals surface area (Å²) in [6, 6.07) is 7.24. The lowest BCUT2D eigenvalue weighted by Crippen LogP contribution is -2.05. The van der Waals surface area contributed by atoms with Gasteiger partial charge in [-0.15, -0.1) is 4.91 Å². The molecule has 0 saturated carbocycles. The quantitative estimate of drug-likeness (QED) is 0.766. The van der Waals surface area contributed by atoms with Gasteiger partial charge in [-0.25, -0.2) is 0 Å². The standard InChI is InChI=1S/C11H11N3OS/c1-7(2)10-12-13-11(16-10)8-5-3-4-6-9(8)14-15/h3-7H,1-2H3/p+1. The molecule has 0 radical (unpaired) electrons. The summed E-state index contributed by atoms with van der Waals surface area (Å²) in [7, 11) is 0. The fraction of sp³-hybridized carbons (Fsp3) is 0.273. The van der Waals surface area contributed by atoms with E-state index in [1.807, 2.05) is 12.1 Å². The number of nitrogens with one attached hydrogen (secondary N) is 1. The molecule has 0 amide bonds. The first-order valence-electron chi connectivity index (χ1n) is 5.03. The molecule has 4 nitrogen and oxygen atoms in total. The molecule has 82 valence electrons. The SMILES string of the molecule is CC(C)c1n[nH+]c(-c2ccccc2N=O)s1. The molecule has 1 aromatic carbocycles. The summed E-state index contributed by atoms with van der Waals surface area (Å²) in [6.07, 6.45) is 0. The van der Waals surface area contributed by atoms with Gasteiger partial charge in [0.25, 0.3) is 5.01 Å². The molecule has 0 aliphatic carbocycles. The number of nitrogens with zero attached hydrogens (tertiary/aromatic N) is 2. The Hall–Kier alpha value is -1.62. The van der Waals surface area contributed by atoms with Crippen LogP contribution in [0, 0.1) is 4.91 Å². The summed E-state index contributed by atoms with van der Waals surface area (Å²) >= 11 is 1.56. The number of hydrogen-bond acceptors (Lipinski definition) is 4. The molecule has 0 aliphatic heterocycles. The summed E-state index contributed by atoms with van der Waals surface area (Å²) in [5.74, 6) is 0.381. The Kier molecular flexibility index (Phi) is 3.05. The predicted molar refractivity (Wildman–Crippen MR) is 63.6 cm³/mol. The molecule has 5 heteroatoms. The van der Waals surface area contributed by atoms with E-state index in [9.17, 15) is 4.91 Å². The average molecular weight is 234 g/mol. The van der Waals surface area contributed by atoms with Crippen molar-refractivity contribution in [3.8, 4) is 10.6 Å². The summed E-state index contributed by atoms with van der Waals surface area (Å²) in [5.41, 5.74) is 1.25. The predicted octanol–water partition coefficient (Wildman–Crippen LogP) is 3.15. The zero-order valence-corrected chi connectivity index (χ0v) is 9.91. The maximum absolute atomic E-state index is 10.7. The Morgan fingerprint density at radius 1 is 1.38 bits per heavy atom. The van der Waals surface area contributed by atoms with Crippen LogP contribution in [0.3, 0.4) is 0 Å². The largest absolute Gasteiger partial charge is 0.296 e. The third-order valence-corrected chi connectivity index (χ3v) is 3.50. The highest BCUT2D eigenvalue weighted by Gasteiger charge is 2.18. The highest BCUT2D eigenvalue weighted by Crippen LogP contribution is 2.31. The lowest BCUT2D eigenvalue weighted by Gasteiger charge is -1.93. The second-order valence-corrected chi connectivity index (χ2v) is 4.79. The van der Waals surface area contributed by atoms with E-state index in [0.29, 0.717) is 11.6 Å². The molecule has 2 rings (SSSR count). The lowest BCUT2D eigenvalue weighted by molar-refractivity contribution is -0.436. The van der Waals surface area contributed by atoms with Crippen LogP contribution in [-0.2, 0) is 0 Å². The van der Waals surface area contributed by atoms with Gasteiger partial charge in [0, 0.05) is 11.0 Å². The summed E-state index contributed by atoms with van der Waals surface area (Å²) in [5, 5.41) is 12.1. The maximum Gasteiger partial charge on any atom is 0.296 e. The van der Waals surface area contributed by atoms with Gasteiger partial charge in [-0.2, -0.15) is 0 Å². The molecule has 2 aromatic rings. The number of aromatic nitrogens is 2. The Balaban J connectivity index is 2.46. The van der Waals surface area contributed by atoms with E-state index in [-0.39, 0.29) is 0 Å². The molecule has 16 heavy (non-hydrogen) atoms. The highest BCUT2D eigenvalue weighted by molar-refractivity contribution is 7.14. The minimum atomic E-state index is 0.381. The zero-order valence-electron chi connectivity index (χ0n) is 9.10. The molecule has 1 aromatic heterocycles. The topological polar surface area (TPSA) is 56.5 Å².